The molecule has 0 bridgehead atoms. The molecule has 0 aliphatic rings. The molecule has 122 valence electrons. The first-order chi connectivity index (χ1) is 11.3. The summed E-state index contributed by atoms with van der Waals surface area (Å²) in [5, 5.41) is 2.90. The lowest BCUT2D eigenvalue weighted by molar-refractivity contribution is -0.120. The second-order valence-corrected chi connectivity index (χ2v) is 7.18. The summed E-state index contributed by atoms with van der Waals surface area (Å²) in [4.78, 5) is 12.9. The lowest BCUT2D eigenvalue weighted by Crippen LogP contribution is -2.25. The Labute approximate surface area is 145 Å². The lowest BCUT2D eigenvalue weighted by Gasteiger charge is -2.06. The molecule has 0 saturated carbocycles. The molecule has 2 aromatic carbocycles. The fourth-order valence-electron chi connectivity index (χ4n) is 1.93. The highest BCUT2D eigenvalue weighted by atomic mass is 32.2. The minimum absolute atomic E-state index is 0.0694. The van der Waals surface area contributed by atoms with Crippen LogP contribution >= 0.6 is 23.5 Å². The smallest absolute Gasteiger partial charge is 0.220 e. The van der Waals surface area contributed by atoms with Crippen LogP contribution in [0.3, 0.4) is 0 Å². The fourth-order valence-corrected chi connectivity index (χ4v) is 3.64. The van der Waals surface area contributed by atoms with Gasteiger partial charge in [0, 0.05) is 35.1 Å². The van der Waals surface area contributed by atoms with Gasteiger partial charge in [0.25, 0.3) is 0 Å². The zero-order chi connectivity index (χ0) is 16.3. The molecule has 0 heterocycles. The molecule has 0 spiro atoms. The molecule has 1 N–H and O–H groups in total. The molecule has 0 unspecified atom stereocenters. The highest BCUT2D eigenvalue weighted by Gasteiger charge is 2.03. The van der Waals surface area contributed by atoms with E-state index in [1.165, 1.54) is 11.0 Å². The predicted molar refractivity (Wildman–Crippen MR) is 97.4 cm³/mol. The summed E-state index contributed by atoms with van der Waals surface area (Å²) in [6, 6.07) is 16.9. The third kappa shape index (κ3) is 7.10. The van der Waals surface area contributed by atoms with E-state index in [1.54, 1.807) is 35.7 Å². The summed E-state index contributed by atoms with van der Waals surface area (Å²) in [5.74, 6) is 2.10. The molecule has 2 rings (SSSR count). The molecule has 23 heavy (non-hydrogen) atoms. The molecule has 0 saturated heterocycles. The molecule has 2 aromatic rings. The van der Waals surface area contributed by atoms with Gasteiger partial charge in [-0.15, -0.1) is 11.8 Å². The highest BCUT2D eigenvalue weighted by Crippen LogP contribution is 2.17. The van der Waals surface area contributed by atoms with Gasteiger partial charge in [-0.3, -0.25) is 4.79 Å². The first-order valence-electron chi connectivity index (χ1n) is 7.51. The molecule has 5 heteroatoms. The maximum absolute atomic E-state index is 13.4. The Morgan fingerprint density at radius 2 is 1.74 bits per heavy atom. The second kappa shape index (κ2) is 10.3. The van der Waals surface area contributed by atoms with E-state index in [4.69, 9.17) is 0 Å². The fraction of sp³-hybridized carbons (Fsp3) is 0.278. The van der Waals surface area contributed by atoms with Crippen LogP contribution in [0.1, 0.15) is 12.0 Å². The van der Waals surface area contributed by atoms with Crippen molar-refractivity contribution in [1.82, 2.24) is 5.32 Å². The number of hydrogen-bond acceptors (Lipinski definition) is 3. The molecule has 0 radical (unpaired) electrons. The van der Waals surface area contributed by atoms with Gasteiger partial charge >= 0.3 is 0 Å². The highest BCUT2D eigenvalue weighted by molar-refractivity contribution is 7.99. The van der Waals surface area contributed by atoms with Crippen molar-refractivity contribution in [3.63, 3.8) is 0 Å². The van der Waals surface area contributed by atoms with Gasteiger partial charge in [0.15, 0.2) is 0 Å². The minimum atomic E-state index is -0.165. The van der Waals surface area contributed by atoms with Crippen LogP contribution in [-0.2, 0) is 10.5 Å². The number of halogens is 1. The van der Waals surface area contributed by atoms with E-state index in [0.29, 0.717) is 24.3 Å². The van der Waals surface area contributed by atoms with Gasteiger partial charge in [0.05, 0.1) is 0 Å². The second-order valence-electron chi connectivity index (χ2n) is 4.91. The summed E-state index contributed by atoms with van der Waals surface area (Å²) in [6.07, 6.45) is 0.511. The van der Waals surface area contributed by atoms with Gasteiger partial charge in [-0.05, 0) is 23.8 Å². The average molecular weight is 349 g/mol. The largest absolute Gasteiger partial charge is 0.355 e. The van der Waals surface area contributed by atoms with Gasteiger partial charge in [0.2, 0.25) is 5.91 Å². The molecule has 0 aliphatic heterocycles. The summed E-state index contributed by atoms with van der Waals surface area (Å²) in [7, 11) is 0. The van der Waals surface area contributed by atoms with E-state index in [1.807, 2.05) is 36.4 Å². The first kappa shape index (κ1) is 17.9. The van der Waals surface area contributed by atoms with Crippen molar-refractivity contribution < 1.29 is 9.18 Å². The molecule has 1 amide bonds. The molecular formula is C18H20FNOS2. The topological polar surface area (TPSA) is 29.1 Å². The summed E-state index contributed by atoms with van der Waals surface area (Å²) >= 11 is 3.31. The zero-order valence-electron chi connectivity index (χ0n) is 12.8. The number of hydrogen-bond donors (Lipinski definition) is 1. The van der Waals surface area contributed by atoms with Crippen molar-refractivity contribution in [3.05, 3.63) is 66.0 Å². The Morgan fingerprint density at radius 3 is 2.52 bits per heavy atom. The number of amides is 1. The number of carbonyl (C=O) groups excluding carboxylic acids is 1. The van der Waals surface area contributed by atoms with Crippen LogP contribution in [0.5, 0.6) is 0 Å². The van der Waals surface area contributed by atoms with Crippen molar-refractivity contribution >= 4 is 29.4 Å². The molecule has 0 fully saturated rings. The van der Waals surface area contributed by atoms with Crippen molar-refractivity contribution in [2.24, 2.45) is 0 Å². The van der Waals surface area contributed by atoms with Crippen LogP contribution in [0.15, 0.2) is 59.5 Å². The molecule has 0 atom stereocenters. The number of rotatable bonds is 9. The maximum Gasteiger partial charge on any atom is 0.220 e. The Morgan fingerprint density at radius 1 is 1.00 bits per heavy atom. The van der Waals surface area contributed by atoms with Gasteiger partial charge in [-0.25, -0.2) is 4.39 Å². The Bertz CT molecular complexity index is 607. The van der Waals surface area contributed by atoms with Gasteiger partial charge in [-0.1, -0.05) is 36.4 Å². The summed E-state index contributed by atoms with van der Waals surface area (Å²) in [6.45, 7) is 0.619. The molecule has 0 aromatic heterocycles. The van der Waals surface area contributed by atoms with Crippen LogP contribution in [0.4, 0.5) is 4.39 Å². The standard InChI is InChI=1S/C18H20FNOS2/c19-17-9-5-4-6-15(17)14-22-13-11-20-18(21)10-12-23-16-7-2-1-3-8-16/h1-9H,10-14H2,(H,20,21). The van der Waals surface area contributed by atoms with Crippen LogP contribution in [0, 0.1) is 5.82 Å². The minimum Gasteiger partial charge on any atom is -0.355 e. The maximum atomic E-state index is 13.4. The van der Waals surface area contributed by atoms with E-state index >= 15 is 0 Å². The molecule has 2 nitrogen and oxygen atoms in total. The van der Waals surface area contributed by atoms with E-state index in [0.717, 1.165) is 11.5 Å². The molecular weight excluding hydrogens is 329 g/mol. The predicted octanol–water partition coefficient (Wildman–Crippen LogP) is 4.36. The van der Waals surface area contributed by atoms with E-state index in [-0.39, 0.29) is 11.7 Å². The first-order valence-corrected chi connectivity index (χ1v) is 9.65. The van der Waals surface area contributed by atoms with Crippen molar-refractivity contribution in [3.8, 4) is 0 Å². The Hall–Kier alpha value is -1.46. The third-order valence-electron chi connectivity index (χ3n) is 3.13. The van der Waals surface area contributed by atoms with E-state index < -0.39 is 0 Å². The molecule has 0 aliphatic carbocycles. The number of benzene rings is 2. The van der Waals surface area contributed by atoms with Crippen LogP contribution < -0.4 is 5.32 Å². The average Bonchev–Trinajstić information content (AvgIpc) is 2.57. The normalized spacial score (nSPS) is 10.5. The van der Waals surface area contributed by atoms with E-state index in [9.17, 15) is 9.18 Å². The van der Waals surface area contributed by atoms with Crippen molar-refractivity contribution in [1.29, 1.82) is 0 Å². The Balaban J connectivity index is 1.52. The van der Waals surface area contributed by atoms with Gasteiger partial charge < -0.3 is 5.32 Å². The lowest BCUT2D eigenvalue weighted by atomic mass is 10.2. The number of carbonyl (C=O) groups is 1. The number of thioether (sulfide) groups is 2. The van der Waals surface area contributed by atoms with Gasteiger partial charge in [-0.2, -0.15) is 11.8 Å². The quantitative estimate of drug-likeness (QED) is 0.539. The zero-order valence-corrected chi connectivity index (χ0v) is 14.5. The number of nitrogens with one attached hydrogen (secondary N) is 1. The van der Waals surface area contributed by atoms with Crippen molar-refractivity contribution in [2.45, 2.75) is 17.1 Å². The third-order valence-corrected chi connectivity index (χ3v) is 5.15. The van der Waals surface area contributed by atoms with E-state index in [2.05, 4.69) is 5.32 Å². The monoisotopic (exact) mass is 349 g/mol. The van der Waals surface area contributed by atoms with Crippen LogP contribution in [0.25, 0.3) is 0 Å². The van der Waals surface area contributed by atoms with Gasteiger partial charge in [0.1, 0.15) is 5.82 Å². The van der Waals surface area contributed by atoms with Crippen molar-refractivity contribution in [2.75, 3.05) is 18.1 Å². The summed E-state index contributed by atoms with van der Waals surface area (Å²) < 4.78 is 13.4. The van der Waals surface area contributed by atoms with Crippen LogP contribution in [-0.4, -0.2) is 24.0 Å². The van der Waals surface area contributed by atoms with Crippen LogP contribution in [0.2, 0.25) is 0 Å². The SMILES string of the molecule is O=C(CCSc1ccccc1)NCCSCc1ccccc1F. The summed E-state index contributed by atoms with van der Waals surface area (Å²) in [5.41, 5.74) is 0.711. The Kier molecular flexibility index (Phi) is 8.04.